The third-order valence-electron chi connectivity index (χ3n) is 4.00. The van der Waals surface area contributed by atoms with Gasteiger partial charge in [-0.2, -0.15) is 0 Å². The van der Waals surface area contributed by atoms with E-state index in [2.05, 4.69) is 13.8 Å². The lowest BCUT2D eigenvalue weighted by molar-refractivity contribution is 0.266. The van der Waals surface area contributed by atoms with Crippen LogP contribution in [0.25, 0.3) is 0 Å². The maximum Gasteiger partial charge on any atom is 0.0603 e. The Morgan fingerprint density at radius 2 is 1.95 bits per heavy atom. The summed E-state index contributed by atoms with van der Waals surface area (Å²) in [4.78, 5) is 1.17. The highest BCUT2D eigenvalue weighted by atomic mass is 35.5. The van der Waals surface area contributed by atoms with E-state index in [1.54, 1.807) is 0 Å². The van der Waals surface area contributed by atoms with E-state index >= 15 is 0 Å². The zero-order valence-electron chi connectivity index (χ0n) is 11.4. The van der Waals surface area contributed by atoms with Crippen LogP contribution in [-0.2, 0) is 0 Å². The van der Waals surface area contributed by atoms with Crippen LogP contribution < -0.4 is 5.73 Å². The normalized spacial score (nSPS) is 27.8. The summed E-state index contributed by atoms with van der Waals surface area (Å²) in [5, 5.41) is 1.72. The van der Waals surface area contributed by atoms with Crippen molar-refractivity contribution in [1.29, 1.82) is 0 Å². The molecule has 0 heterocycles. The van der Waals surface area contributed by atoms with Crippen LogP contribution in [0.5, 0.6) is 0 Å². The van der Waals surface area contributed by atoms with Gasteiger partial charge in [-0.05, 0) is 49.3 Å². The molecule has 1 aromatic carbocycles. The lowest BCUT2D eigenvalue weighted by Crippen LogP contribution is -2.39. The van der Waals surface area contributed by atoms with Crippen LogP contribution in [0, 0.1) is 11.8 Å². The fraction of sp³-hybridized carbons (Fsp3) is 0.600. The minimum absolute atomic E-state index is 0.287. The predicted octanol–water partition coefficient (Wildman–Crippen LogP) is 5.24. The maximum atomic E-state index is 6.28. The minimum Gasteiger partial charge on any atom is -0.327 e. The van der Waals surface area contributed by atoms with Gasteiger partial charge >= 0.3 is 0 Å². The van der Waals surface area contributed by atoms with Gasteiger partial charge in [-0.25, -0.2) is 0 Å². The Bertz CT molecular complexity index is 436. The van der Waals surface area contributed by atoms with E-state index in [0.717, 1.165) is 18.3 Å². The van der Waals surface area contributed by atoms with Crippen molar-refractivity contribution in [3.8, 4) is 0 Å². The van der Waals surface area contributed by atoms with Gasteiger partial charge in [0.25, 0.3) is 0 Å². The molecule has 0 spiro atoms. The number of hydrogen-bond acceptors (Lipinski definition) is 2. The standard InChI is InChI=1S/C15H21Cl2NS/c1-9(2)10-3-6-14(18)15(7-10)19-11-4-5-12(16)13(17)8-11/h4-5,8-10,14-15H,3,6-7,18H2,1-2H3. The van der Waals surface area contributed by atoms with E-state index < -0.39 is 0 Å². The van der Waals surface area contributed by atoms with Gasteiger partial charge in [0, 0.05) is 16.2 Å². The Morgan fingerprint density at radius 3 is 2.58 bits per heavy atom. The molecule has 1 fully saturated rings. The van der Waals surface area contributed by atoms with E-state index in [1.165, 1.54) is 17.7 Å². The van der Waals surface area contributed by atoms with Crippen LogP contribution in [0.15, 0.2) is 23.1 Å². The van der Waals surface area contributed by atoms with Crippen LogP contribution in [0.2, 0.25) is 10.0 Å². The molecule has 0 saturated heterocycles. The van der Waals surface area contributed by atoms with Crippen molar-refractivity contribution in [1.82, 2.24) is 0 Å². The molecule has 0 aromatic heterocycles. The Kier molecular flexibility index (Phi) is 5.47. The topological polar surface area (TPSA) is 26.0 Å². The highest BCUT2D eigenvalue weighted by Gasteiger charge is 2.30. The molecule has 4 heteroatoms. The monoisotopic (exact) mass is 317 g/mol. The van der Waals surface area contributed by atoms with Crippen LogP contribution in [-0.4, -0.2) is 11.3 Å². The van der Waals surface area contributed by atoms with Gasteiger partial charge in [-0.15, -0.1) is 11.8 Å². The number of rotatable bonds is 3. The summed E-state index contributed by atoms with van der Waals surface area (Å²) in [6.07, 6.45) is 3.59. The first kappa shape index (κ1) is 15.5. The third-order valence-corrected chi connectivity index (χ3v) is 6.11. The molecular weight excluding hydrogens is 297 g/mol. The van der Waals surface area contributed by atoms with E-state index in [1.807, 2.05) is 30.0 Å². The summed E-state index contributed by atoms with van der Waals surface area (Å²) in [6.45, 7) is 4.62. The second-order valence-corrected chi connectivity index (χ2v) is 7.84. The molecule has 1 aliphatic carbocycles. The number of hydrogen-bond donors (Lipinski definition) is 1. The zero-order valence-corrected chi connectivity index (χ0v) is 13.7. The van der Waals surface area contributed by atoms with Gasteiger partial charge in [0.15, 0.2) is 0 Å². The number of benzene rings is 1. The number of nitrogens with two attached hydrogens (primary N) is 1. The second kappa shape index (κ2) is 6.71. The first-order valence-corrected chi connectivity index (χ1v) is 8.48. The molecule has 1 saturated carbocycles. The lowest BCUT2D eigenvalue weighted by Gasteiger charge is -2.35. The molecule has 3 unspecified atom stereocenters. The van der Waals surface area contributed by atoms with Crippen LogP contribution in [0.4, 0.5) is 0 Å². The molecule has 3 atom stereocenters. The fourth-order valence-corrected chi connectivity index (χ4v) is 4.35. The Hall–Kier alpha value is 0.110. The molecule has 1 aliphatic rings. The average Bonchev–Trinajstić information content (AvgIpc) is 2.36. The smallest absolute Gasteiger partial charge is 0.0603 e. The van der Waals surface area contributed by atoms with Gasteiger partial charge in [-0.1, -0.05) is 37.0 Å². The Labute approximate surface area is 130 Å². The summed E-state index contributed by atoms with van der Waals surface area (Å²) in [5.41, 5.74) is 6.28. The van der Waals surface area contributed by atoms with Crippen molar-refractivity contribution in [2.45, 2.75) is 49.3 Å². The summed E-state index contributed by atoms with van der Waals surface area (Å²) >= 11 is 13.9. The molecule has 0 amide bonds. The van der Waals surface area contributed by atoms with Gasteiger partial charge in [0.1, 0.15) is 0 Å². The minimum atomic E-state index is 0.287. The van der Waals surface area contributed by atoms with Crippen molar-refractivity contribution in [3.63, 3.8) is 0 Å². The molecule has 2 N–H and O–H groups in total. The number of thioether (sulfide) groups is 1. The first-order valence-electron chi connectivity index (χ1n) is 6.84. The predicted molar refractivity (Wildman–Crippen MR) is 86.3 cm³/mol. The SMILES string of the molecule is CC(C)C1CCC(N)C(Sc2ccc(Cl)c(Cl)c2)C1. The molecule has 1 aromatic rings. The summed E-state index contributed by atoms with van der Waals surface area (Å²) in [5.74, 6) is 1.53. The van der Waals surface area contributed by atoms with E-state index in [9.17, 15) is 0 Å². The molecule has 0 radical (unpaired) electrons. The lowest BCUT2D eigenvalue weighted by atomic mass is 9.79. The second-order valence-electron chi connectivity index (χ2n) is 5.71. The molecule has 0 aliphatic heterocycles. The largest absolute Gasteiger partial charge is 0.327 e. The van der Waals surface area contributed by atoms with Crippen LogP contribution >= 0.6 is 35.0 Å². The van der Waals surface area contributed by atoms with Crippen molar-refractivity contribution in [2.24, 2.45) is 17.6 Å². The number of halogens is 2. The third kappa shape index (κ3) is 4.04. The van der Waals surface area contributed by atoms with Crippen LogP contribution in [0.3, 0.4) is 0 Å². The van der Waals surface area contributed by atoms with Crippen molar-refractivity contribution >= 4 is 35.0 Å². The Balaban J connectivity index is 2.05. The van der Waals surface area contributed by atoms with Crippen LogP contribution in [0.1, 0.15) is 33.1 Å². The van der Waals surface area contributed by atoms with Gasteiger partial charge in [-0.3, -0.25) is 0 Å². The maximum absolute atomic E-state index is 6.28. The molecule has 2 rings (SSSR count). The highest BCUT2D eigenvalue weighted by Crippen LogP contribution is 2.39. The van der Waals surface area contributed by atoms with Gasteiger partial charge < -0.3 is 5.73 Å². The van der Waals surface area contributed by atoms with E-state index in [4.69, 9.17) is 28.9 Å². The quantitative estimate of drug-likeness (QED) is 0.825. The molecular formula is C15H21Cl2NS. The fourth-order valence-electron chi connectivity index (χ4n) is 2.65. The zero-order chi connectivity index (χ0) is 14.0. The molecule has 0 bridgehead atoms. The van der Waals surface area contributed by atoms with Crippen molar-refractivity contribution < 1.29 is 0 Å². The van der Waals surface area contributed by atoms with E-state index in [0.29, 0.717) is 15.3 Å². The summed E-state index contributed by atoms with van der Waals surface area (Å²) in [6, 6.07) is 6.13. The first-order chi connectivity index (χ1) is 8.97. The van der Waals surface area contributed by atoms with Gasteiger partial charge in [0.05, 0.1) is 10.0 Å². The molecule has 1 nitrogen and oxygen atoms in total. The summed E-state index contributed by atoms with van der Waals surface area (Å²) in [7, 11) is 0. The summed E-state index contributed by atoms with van der Waals surface area (Å²) < 4.78 is 0. The van der Waals surface area contributed by atoms with Gasteiger partial charge in [0.2, 0.25) is 0 Å². The molecule has 19 heavy (non-hydrogen) atoms. The average molecular weight is 318 g/mol. The van der Waals surface area contributed by atoms with E-state index in [-0.39, 0.29) is 6.04 Å². The molecule has 106 valence electrons. The highest BCUT2D eigenvalue weighted by molar-refractivity contribution is 8.00. The Morgan fingerprint density at radius 1 is 1.21 bits per heavy atom. The van der Waals surface area contributed by atoms with Crippen molar-refractivity contribution in [2.75, 3.05) is 0 Å². The van der Waals surface area contributed by atoms with Crippen molar-refractivity contribution in [3.05, 3.63) is 28.2 Å².